The molecule has 1 aliphatic rings. The molecule has 170 valence electrons. The van der Waals surface area contributed by atoms with Crippen LogP contribution in [0.4, 0.5) is 0 Å². The summed E-state index contributed by atoms with van der Waals surface area (Å²) in [6, 6.07) is 8.06. The summed E-state index contributed by atoms with van der Waals surface area (Å²) in [4.78, 5) is 30.3. The summed E-state index contributed by atoms with van der Waals surface area (Å²) in [6.45, 7) is 8.60. The molecule has 1 aromatic rings. The third-order valence-corrected chi connectivity index (χ3v) is 6.29. The number of nitrogens with zero attached hydrogens (tertiary/aromatic N) is 1. The van der Waals surface area contributed by atoms with Crippen molar-refractivity contribution in [2.45, 2.75) is 51.9 Å². The van der Waals surface area contributed by atoms with Crippen LogP contribution in [0.5, 0.6) is 5.75 Å². The van der Waals surface area contributed by atoms with Gasteiger partial charge in [-0.05, 0) is 51.0 Å². The van der Waals surface area contributed by atoms with Gasteiger partial charge < -0.3 is 14.2 Å². The summed E-state index contributed by atoms with van der Waals surface area (Å²) in [7, 11) is 1.34. The van der Waals surface area contributed by atoms with E-state index in [1.807, 2.05) is 31.2 Å². The van der Waals surface area contributed by atoms with Crippen molar-refractivity contribution in [3.63, 3.8) is 0 Å². The van der Waals surface area contributed by atoms with Crippen LogP contribution in [0.15, 0.2) is 45.4 Å². The second-order valence-electron chi connectivity index (χ2n) is 7.55. The number of allylic oxidation sites excluding steroid dienone is 1. The molecule has 6 nitrogen and oxygen atoms in total. The van der Waals surface area contributed by atoms with Gasteiger partial charge in [0, 0.05) is 28.0 Å². The smallest absolute Gasteiger partial charge is 0.336 e. The van der Waals surface area contributed by atoms with Crippen LogP contribution >= 0.6 is 11.8 Å². The number of methoxy groups -OCH3 is 1. The molecule has 0 aromatic heterocycles. The standard InChI is InChI=1S/C24H33NO5S/c1-6-7-13-29-19-9-11-20(12-10-19)31-15-8-14-30-24(27)22-16(2)21(23(26)28-5)17(3)25-18(22)4/h9-12,16,21H,6-8,13-15H2,1-5H3. The van der Waals surface area contributed by atoms with Crippen molar-refractivity contribution in [1.82, 2.24) is 0 Å². The van der Waals surface area contributed by atoms with Gasteiger partial charge in [0.05, 0.1) is 25.9 Å². The Kier molecular flexibility index (Phi) is 10.1. The normalized spacial score (nSPS) is 18.4. The molecule has 1 aliphatic heterocycles. The molecule has 0 fully saturated rings. The molecule has 0 bridgehead atoms. The minimum atomic E-state index is -0.555. The number of carbonyl (C=O) groups is 2. The number of benzene rings is 1. The quantitative estimate of drug-likeness (QED) is 0.268. The first-order valence-corrected chi connectivity index (χ1v) is 11.7. The molecule has 7 heteroatoms. The molecule has 0 amide bonds. The van der Waals surface area contributed by atoms with Crippen LogP contribution in [0.3, 0.4) is 0 Å². The zero-order chi connectivity index (χ0) is 22.8. The molecule has 2 atom stereocenters. The van der Waals surface area contributed by atoms with Crippen LogP contribution in [0, 0.1) is 11.8 Å². The predicted molar refractivity (Wildman–Crippen MR) is 124 cm³/mol. The molecule has 2 rings (SSSR count). The van der Waals surface area contributed by atoms with E-state index in [1.54, 1.807) is 25.6 Å². The minimum Gasteiger partial charge on any atom is -0.494 e. The molecule has 0 aliphatic carbocycles. The summed E-state index contributed by atoms with van der Waals surface area (Å²) in [5.74, 6) is 0.0445. The molecule has 1 heterocycles. The van der Waals surface area contributed by atoms with Gasteiger partial charge in [-0.3, -0.25) is 9.79 Å². The Hall–Kier alpha value is -2.28. The van der Waals surface area contributed by atoms with Crippen LogP contribution in [-0.2, 0) is 19.1 Å². The van der Waals surface area contributed by atoms with E-state index < -0.39 is 11.9 Å². The molecule has 0 saturated carbocycles. The van der Waals surface area contributed by atoms with E-state index in [1.165, 1.54) is 7.11 Å². The highest BCUT2D eigenvalue weighted by Crippen LogP contribution is 2.32. The molecule has 0 radical (unpaired) electrons. The highest BCUT2D eigenvalue weighted by Gasteiger charge is 2.38. The maximum atomic E-state index is 12.6. The fourth-order valence-corrected chi connectivity index (χ4v) is 4.37. The van der Waals surface area contributed by atoms with Gasteiger partial charge in [0.25, 0.3) is 0 Å². The Morgan fingerprint density at radius 3 is 2.45 bits per heavy atom. The molecular formula is C24H33NO5S. The molecule has 0 saturated heterocycles. The van der Waals surface area contributed by atoms with Gasteiger partial charge in [-0.1, -0.05) is 20.3 Å². The third-order valence-electron chi connectivity index (χ3n) is 5.20. The zero-order valence-electron chi connectivity index (χ0n) is 19.1. The van der Waals surface area contributed by atoms with E-state index in [2.05, 4.69) is 11.9 Å². The molecular weight excluding hydrogens is 414 g/mol. The van der Waals surface area contributed by atoms with E-state index in [0.29, 0.717) is 23.6 Å². The number of unbranched alkanes of at least 4 members (excludes halogenated alkanes) is 1. The number of thioether (sulfide) groups is 1. The number of rotatable bonds is 11. The van der Waals surface area contributed by atoms with E-state index in [-0.39, 0.29) is 11.9 Å². The Labute approximate surface area is 189 Å². The van der Waals surface area contributed by atoms with Gasteiger partial charge in [0.15, 0.2) is 0 Å². The first kappa shape index (κ1) is 25.0. The van der Waals surface area contributed by atoms with Gasteiger partial charge in [-0.15, -0.1) is 11.8 Å². The second-order valence-corrected chi connectivity index (χ2v) is 8.72. The van der Waals surface area contributed by atoms with Crippen molar-refractivity contribution >= 4 is 29.4 Å². The number of carbonyl (C=O) groups excluding carboxylic acids is 2. The van der Waals surface area contributed by atoms with Crippen LogP contribution in [0.1, 0.15) is 47.0 Å². The number of esters is 2. The van der Waals surface area contributed by atoms with Crippen molar-refractivity contribution in [3.05, 3.63) is 35.5 Å². The summed E-state index contributed by atoms with van der Waals surface area (Å²) in [6.07, 6.45) is 2.90. The highest BCUT2D eigenvalue weighted by molar-refractivity contribution is 7.99. The minimum absolute atomic E-state index is 0.319. The fourth-order valence-electron chi connectivity index (χ4n) is 3.55. The molecule has 1 aromatic carbocycles. The zero-order valence-corrected chi connectivity index (χ0v) is 19.9. The van der Waals surface area contributed by atoms with Gasteiger partial charge >= 0.3 is 11.9 Å². The third kappa shape index (κ3) is 7.13. The summed E-state index contributed by atoms with van der Waals surface area (Å²) in [5.41, 5.74) is 1.71. The van der Waals surface area contributed by atoms with Gasteiger partial charge in [0.2, 0.25) is 0 Å². The number of ether oxygens (including phenoxy) is 3. The van der Waals surface area contributed by atoms with Crippen LogP contribution in [0.25, 0.3) is 0 Å². The van der Waals surface area contributed by atoms with Crippen LogP contribution in [-0.4, -0.2) is 43.7 Å². The van der Waals surface area contributed by atoms with Crippen LogP contribution < -0.4 is 4.74 Å². The predicted octanol–water partition coefficient (Wildman–Crippen LogP) is 5.06. The topological polar surface area (TPSA) is 74.2 Å². The Balaban J connectivity index is 1.79. The monoisotopic (exact) mass is 447 g/mol. The molecule has 2 unspecified atom stereocenters. The first-order chi connectivity index (χ1) is 14.9. The number of aliphatic imine (C=N–C) groups is 1. The highest BCUT2D eigenvalue weighted by atomic mass is 32.2. The maximum Gasteiger partial charge on any atom is 0.336 e. The van der Waals surface area contributed by atoms with E-state index in [4.69, 9.17) is 14.2 Å². The average Bonchev–Trinajstić information content (AvgIpc) is 2.74. The Bertz CT molecular complexity index is 816. The SMILES string of the molecule is CCCCOc1ccc(SCCCOC(=O)C2=C(C)N=C(C)C(C(=O)OC)C2C)cc1. The Morgan fingerprint density at radius 2 is 1.81 bits per heavy atom. The van der Waals surface area contributed by atoms with Crippen molar-refractivity contribution in [3.8, 4) is 5.75 Å². The van der Waals surface area contributed by atoms with Gasteiger partial charge in [0.1, 0.15) is 11.7 Å². The molecule has 31 heavy (non-hydrogen) atoms. The van der Waals surface area contributed by atoms with Gasteiger partial charge in [-0.25, -0.2) is 4.79 Å². The van der Waals surface area contributed by atoms with Crippen molar-refractivity contribution in [1.29, 1.82) is 0 Å². The van der Waals surface area contributed by atoms with Crippen molar-refractivity contribution in [2.75, 3.05) is 26.1 Å². The maximum absolute atomic E-state index is 12.6. The van der Waals surface area contributed by atoms with Crippen LogP contribution in [0.2, 0.25) is 0 Å². The largest absolute Gasteiger partial charge is 0.494 e. The lowest BCUT2D eigenvalue weighted by Gasteiger charge is -2.28. The molecule has 0 N–H and O–H groups in total. The summed E-state index contributed by atoms with van der Waals surface area (Å²) < 4.78 is 16.0. The van der Waals surface area contributed by atoms with E-state index in [0.717, 1.165) is 42.3 Å². The first-order valence-electron chi connectivity index (χ1n) is 10.8. The lowest BCUT2D eigenvalue weighted by molar-refractivity contribution is -0.144. The lowest BCUT2D eigenvalue weighted by Crippen LogP contribution is -2.36. The molecule has 0 spiro atoms. The van der Waals surface area contributed by atoms with Crippen molar-refractivity contribution in [2.24, 2.45) is 16.8 Å². The Morgan fingerprint density at radius 1 is 1.10 bits per heavy atom. The van der Waals surface area contributed by atoms with E-state index in [9.17, 15) is 9.59 Å². The van der Waals surface area contributed by atoms with Gasteiger partial charge in [-0.2, -0.15) is 0 Å². The summed E-state index contributed by atoms with van der Waals surface area (Å²) in [5, 5.41) is 0. The summed E-state index contributed by atoms with van der Waals surface area (Å²) >= 11 is 1.71. The number of hydrogen-bond donors (Lipinski definition) is 0. The van der Waals surface area contributed by atoms with Crippen molar-refractivity contribution < 1.29 is 23.8 Å². The second kappa shape index (κ2) is 12.5. The fraction of sp³-hybridized carbons (Fsp3) is 0.542. The van der Waals surface area contributed by atoms with E-state index >= 15 is 0 Å². The average molecular weight is 448 g/mol. The number of hydrogen-bond acceptors (Lipinski definition) is 7. The lowest BCUT2D eigenvalue weighted by atomic mass is 9.81.